The molecule has 2 aromatic rings. The van der Waals surface area contributed by atoms with E-state index in [1.807, 2.05) is 0 Å². The molecule has 16 heteroatoms. The summed E-state index contributed by atoms with van der Waals surface area (Å²) in [5.74, 6) is -1.59. The number of fused-ring (bicyclic) bond motifs is 1. The summed E-state index contributed by atoms with van der Waals surface area (Å²) in [5.41, 5.74) is 1.47. The van der Waals surface area contributed by atoms with Crippen LogP contribution in [0.2, 0.25) is 0 Å². The number of rotatable bonds is 11. The molecule has 0 spiro atoms. The number of alkyl halides is 1. The molecule has 7 N–H and O–H groups in total. The molecule has 0 radical (unpaired) electrons. The van der Waals surface area contributed by atoms with Gasteiger partial charge < -0.3 is 30.3 Å². The molecule has 0 aromatic carbocycles. The summed E-state index contributed by atoms with van der Waals surface area (Å²) >= 11 is 0. The van der Waals surface area contributed by atoms with E-state index in [9.17, 15) is 28.8 Å². The number of hydrogen-bond donors (Lipinski definition) is 6. The fourth-order valence-corrected chi connectivity index (χ4v) is 3.15. The number of nitrogens with zero attached hydrogens (tertiary/aromatic N) is 3. The van der Waals surface area contributed by atoms with E-state index in [4.69, 9.17) is 20.1 Å². The summed E-state index contributed by atoms with van der Waals surface area (Å²) in [6.07, 6.45) is -2.53. The molecule has 29 heavy (non-hydrogen) atoms. The van der Waals surface area contributed by atoms with Gasteiger partial charge in [-0.2, -0.15) is 4.98 Å². The number of aromatic amines is 1. The Morgan fingerprint density at radius 2 is 2.28 bits per heavy atom. The predicted molar refractivity (Wildman–Crippen MR) is 96.1 cm³/mol. The van der Waals surface area contributed by atoms with E-state index in [0.717, 1.165) is 18.0 Å². The largest absolute Gasteiger partial charge is 0.480 e. The van der Waals surface area contributed by atoms with E-state index >= 15 is 0 Å². The van der Waals surface area contributed by atoms with Gasteiger partial charge in [-0.05, 0) is 0 Å². The zero-order valence-corrected chi connectivity index (χ0v) is 16.0. The quantitative estimate of drug-likeness (QED) is 0.206. The smallest absolute Gasteiger partial charge is 0.317 e. The number of methoxy groups -OCH3 is 1. The van der Waals surface area contributed by atoms with Gasteiger partial charge in [-0.25, -0.2) is 14.5 Å². The maximum atomic E-state index is 13.9. The highest BCUT2D eigenvalue weighted by Crippen LogP contribution is 2.27. The van der Waals surface area contributed by atoms with Crippen LogP contribution in [0.3, 0.4) is 0 Å². The Balaban J connectivity index is 2.27. The van der Waals surface area contributed by atoms with Gasteiger partial charge in [0.15, 0.2) is 11.2 Å². The minimum absolute atomic E-state index is 0.258. The molecule has 4 atom stereocenters. The zero-order valence-electron chi connectivity index (χ0n) is 15.0. The predicted octanol–water partition coefficient (Wildman–Crippen LogP) is -2.23. The number of nitrogens with two attached hydrogens (primary N) is 1. The van der Waals surface area contributed by atoms with E-state index in [-0.39, 0.29) is 17.1 Å². The lowest BCUT2D eigenvalue weighted by atomic mass is 10.0. The highest BCUT2D eigenvalue weighted by molar-refractivity contribution is 7.36. The van der Waals surface area contributed by atoms with Crippen molar-refractivity contribution in [3.63, 3.8) is 0 Å². The summed E-state index contributed by atoms with van der Waals surface area (Å²) < 4.78 is 36.1. The van der Waals surface area contributed by atoms with Crippen LogP contribution in [0.5, 0.6) is 0 Å². The van der Waals surface area contributed by atoms with Gasteiger partial charge in [0, 0.05) is 7.11 Å². The molecule has 0 amide bonds. The Kier molecular flexibility index (Phi) is 7.40. The van der Waals surface area contributed by atoms with E-state index in [1.54, 1.807) is 0 Å². The Bertz CT molecular complexity index is 953. The number of aromatic nitrogens is 4. The first-order valence-electron chi connectivity index (χ1n) is 7.99. The number of halogens is 1. The third-order valence-electron chi connectivity index (χ3n) is 3.93. The van der Waals surface area contributed by atoms with Gasteiger partial charge in [0.1, 0.15) is 25.4 Å². The molecule has 2 aromatic heterocycles. The second kappa shape index (κ2) is 9.39. The van der Waals surface area contributed by atoms with Crippen LogP contribution >= 0.6 is 8.18 Å². The number of ether oxygens (including phenoxy) is 1. The van der Waals surface area contributed by atoms with Crippen molar-refractivity contribution < 1.29 is 38.3 Å². The molecular weight excluding hydrogens is 418 g/mol. The molecule has 0 aliphatic heterocycles. The van der Waals surface area contributed by atoms with Gasteiger partial charge in [0.05, 0.1) is 12.9 Å². The molecule has 0 saturated carbocycles. The van der Waals surface area contributed by atoms with Gasteiger partial charge in [0.2, 0.25) is 11.7 Å². The molecular formula is C13H20FN6O8P. The van der Waals surface area contributed by atoms with E-state index in [0.29, 0.717) is 0 Å². The Labute approximate surface area is 162 Å². The Hall–Kier alpha value is -2.42. The van der Waals surface area contributed by atoms with Crippen molar-refractivity contribution in [3.8, 4) is 0 Å². The molecule has 14 nitrogen and oxygen atoms in total. The number of nitrogens with one attached hydrogen (secondary N) is 2. The monoisotopic (exact) mass is 438 g/mol. The second-order valence-electron chi connectivity index (χ2n) is 5.81. The van der Waals surface area contributed by atoms with E-state index in [1.165, 1.54) is 0 Å². The number of anilines is 1. The summed E-state index contributed by atoms with van der Waals surface area (Å²) in [7, 11) is -1.90. The molecule has 2 heterocycles. The van der Waals surface area contributed by atoms with Crippen molar-refractivity contribution in [2.45, 2.75) is 17.9 Å². The van der Waals surface area contributed by atoms with Crippen LogP contribution in [0.4, 0.5) is 10.3 Å². The fraction of sp³-hybridized carbons (Fsp3) is 0.538. The molecule has 0 aliphatic carbocycles. The second-order valence-corrected chi connectivity index (χ2v) is 7.03. The van der Waals surface area contributed by atoms with Gasteiger partial charge in [0.25, 0.3) is 13.7 Å². The van der Waals surface area contributed by atoms with Gasteiger partial charge >= 0.3 is 5.97 Å². The number of nitrogen functional groups attached to an aromatic ring is 1. The number of imidazole rings is 1. The van der Waals surface area contributed by atoms with Gasteiger partial charge in [-0.3, -0.25) is 23.7 Å². The SMILES string of the molecule is COC(CO[PH](=O)NCC(=O)O)[C@H](O)C(O)(CF)n1cnc2c(=O)[nH]c(N)nc21. The first kappa shape index (κ1) is 22.9. The van der Waals surface area contributed by atoms with Crippen LogP contribution < -0.4 is 16.4 Å². The van der Waals surface area contributed by atoms with Crippen molar-refractivity contribution in [1.29, 1.82) is 0 Å². The summed E-state index contributed by atoms with van der Waals surface area (Å²) in [6, 6.07) is 0. The minimum atomic E-state index is -3.01. The molecule has 0 saturated heterocycles. The topological polar surface area (TPSA) is 215 Å². The number of aliphatic carboxylic acids is 1. The van der Waals surface area contributed by atoms with Crippen molar-refractivity contribution in [2.75, 3.05) is 32.7 Å². The third-order valence-corrected chi connectivity index (χ3v) is 4.82. The minimum Gasteiger partial charge on any atom is -0.480 e. The molecule has 2 rings (SSSR count). The highest BCUT2D eigenvalue weighted by atomic mass is 31.1. The standard InChI is InChI=1S/C13H20FN6O8P/c1-27-6(3-28-29(26)17-2-7(21)22)9(23)13(25,4-14)20-5-16-8-10(20)18-12(15)19-11(8)24/h5-6,9,23,25,29H,2-4H2,1H3,(H,17,26)(H,21,22)(H3,15,18,19,24)/t6?,9-,13?/m0/s1. The molecule has 3 unspecified atom stereocenters. The van der Waals surface area contributed by atoms with Crippen molar-refractivity contribution in [3.05, 3.63) is 16.7 Å². The number of hydrogen-bond acceptors (Lipinski definition) is 10. The van der Waals surface area contributed by atoms with Crippen LogP contribution in [0.25, 0.3) is 11.2 Å². The number of carbonyl (C=O) groups is 1. The average molecular weight is 438 g/mol. The van der Waals surface area contributed by atoms with Crippen LogP contribution in [-0.2, 0) is 24.3 Å². The Morgan fingerprint density at radius 3 is 2.86 bits per heavy atom. The molecule has 0 bridgehead atoms. The van der Waals surface area contributed by atoms with Crippen molar-refractivity contribution in [2.24, 2.45) is 0 Å². The van der Waals surface area contributed by atoms with Crippen LogP contribution in [0, 0.1) is 0 Å². The maximum absolute atomic E-state index is 13.9. The van der Waals surface area contributed by atoms with Gasteiger partial charge in [-0.1, -0.05) is 0 Å². The summed E-state index contributed by atoms with van der Waals surface area (Å²) in [4.78, 5) is 32.0. The third kappa shape index (κ3) is 4.95. The number of aliphatic hydroxyl groups is 2. The number of H-pyrrole nitrogens is 1. The fourth-order valence-electron chi connectivity index (χ4n) is 2.44. The first-order valence-corrected chi connectivity index (χ1v) is 9.30. The average Bonchev–Trinajstić information content (AvgIpc) is 3.10. The van der Waals surface area contributed by atoms with Crippen LogP contribution in [-0.4, -0.2) is 80.0 Å². The number of carboxylic acid groups (broad SMARTS) is 1. The van der Waals surface area contributed by atoms with E-state index in [2.05, 4.69) is 20.0 Å². The number of aliphatic hydroxyl groups excluding tert-OH is 1. The van der Waals surface area contributed by atoms with Crippen LogP contribution in [0.15, 0.2) is 11.1 Å². The zero-order chi connectivity index (χ0) is 21.8. The van der Waals surface area contributed by atoms with Crippen LogP contribution in [0.1, 0.15) is 0 Å². The molecule has 0 aliphatic rings. The Morgan fingerprint density at radius 1 is 1.59 bits per heavy atom. The van der Waals surface area contributed by atoms with Crippen molar-refractivity contribution >= 4 is 31.3 Å². The summed E-state index contributed by atoms with van der Waals surface area (Å²) in [5, 5.41) is 31.9. The maximum Gasteiger partial charge on any atom is 0.317 e. The highest BCUT2D eigenvalue weighted by Gasteiger charge is 2.44. The van der Waals surface area contributed by atoms with E-state index < -0.39 is 57.5 Å². The molecule has 162 valence electrons. The lowest BCUT2D eigenvalue weighted by molar-refractivity contribution is -0.190. The van der Waals surface area contributed by atoms with Gasteiger partial charge in [-0.15, -0.1) is 0 Å². The lowest BCUT2D eigenvalue weighted by Gasteiger charge is -2.35. The number of carboxylic acids is 1. The molecule has 0 fully saturated rings. The normalized spacial score (nSPS) is 17.0. The first-order chi connectivity index (χ1) is 13.6. The summed E-state index contributed by atoms with van der Waals surface area (Å²) in [6.45, 7) is -2.78. The van der Waals surface area contributed by atoms with Crippen molar-refractivity contribution in [1.82, 2.24) is 24.6 Å². The lowest BCUT2D eigenvalue weighted by Crippen LogP contribution is -2.54.